The zero-order valence-electron chi connectivity index (χ0n) is 17.5. The van der Waals surface area contributed by atoms with Crippen LogP contribution in [0.2, 0.25) is 0 Å². The monoisotopic (exact) mass is 431 g/mol. The van der Waals surface area contributed by atoms with Crippen molar-refractivity contribution in [1.82, 2.24) is 0 Å². The molecule has 4 aromatic rings. The molecule has 0 fully saturated rings. The maximum absolute atomic E-state index is 12.0. The zero-order valence-corrected chi connectivity index (χ0v) is 20.6. The van der Waals surface area contributed by atoms with Crippen LogP contribution >= 0.6 is 0 Å². The van der Waals surface area contributed by atoms with Crippen molar-refractivity contribution in [3.05, 3.63) is 138 Å². The number of carbonyl (C=O) groups excluding carboxylic acids is 1. The van der Waals surface area contributed by atoms with Gasteiger partial charge in [-0.05, 0) is 28.8 Å². The molecule has 4 rings (SSSR count). The van der Waals surface area contributed by atoms with E-state index in [4.69, 9.17) is 0 Å². The Balaban J connectivity index is 0.00000272. The van der Waals surface area contributed by atoms with E-state index in [-0.39, 0.29) is 57.9 Å². The normalized spacial score (nSPS) is 10.7. The van der Waals surface area contributed by atoms with Gasteiger partial charge in [-0.2, -0.15) is 0 Å². The fourth-order valence-electron chi connectivity index (χ4n) is 4.15. The summed E-state index contributed by atoms with van der Waals surface area (Å²) in [7, 11) is 0. The molecular weight excluding hydrogens is 409 g/mol. The molecule has 0 amide bonds. The van der Waals surface area contributed by atoms with Crippen molar-refractivity contribution in [2.45, 2.75) is 5.54 Å². The molecule has 0 heterocycles. The number of carboxylic acid groups (broad SMARTS) is 1. The van der Waals surface area contributed by atoms with Crippen molar-refractivity contribution in [2.24, 2.45) is 0 Å². The van der Waals surface area contributed by atoms with Gasteiger partial charge in [0, 0.05) is 5.69 Å². The Kier molecular flexibility index (Phi) is 8.24. The first kappa shape index (κ1) is 23.4. The number of aliphatic carboxylic acids is 1. The molecule has 4 heteroatoms. The first-order valence-electron chi connectivity index (χ1n) is 9.92. The maximum atomic E-state index is 12.0. The predicted octanol–water partition coefficient (Wildman–Crippen LogP) is 1.24. The summed E-state index contributed by atoms with van der Waals surface area (Å²) in [5.74, 6) is -1.13. The van der Waals surface area contributed by atoms with Crippen LogP contribution in [0.4, 0.5) is 5.69 Å². The summed E-state index contributed by atoms with van der Waals surface area (Å²) < 4.78 is 0. The number of hydrogen-bond donors (Lipinski definition) is 0. The number of para-hydroxylation sites is 1. The minimum atomic E-state index is -1.13. The Bertz CT molecular complexity index is 990. The molecule has 31 heavy (non-hydrogen) atoms. The summed E-state index contributed by atoms with van der Waals surface area (Å²) in [5, 5.41) is 12.0. The van der Waals surface area contributed by atoms with E-state index in [1.54, 1.807) is 0 Å². The SMILES string of the molecule is O=C([O-])CN(c1ccccc1)C(c1ccccc1)(c1ccccc1)c1ccccc1.[K+]. The summed E-state index contributed by atoms with van der Waals surface area (Å²) in [6, 6.07) is 39.7. The Morgan fingerprint density at radius 2 is 0.935 bits per heavy atom. The van der Waals surface area contributed by atoms with E-state index in [1.807, 2.05) is 126 Å². The van der Waals surface area contributed by atoms with E-state index in [9.17, 15) is 9.90 Å². The van der Waals surface area contributed by atoms with Gasteiger partial charge in [0.2, 0.25) is 0 Å². The minimum absolute atomic E-state index is 0. The van der Waals surface area contributed by atoms with Crippen molar-refractivity contribution in [3.8, 4) is 0 Å². The molecule has 0 unspecified atom stereocenters. The molecule has 0 bridgehead atoms. The van der Waals surface area contributed by atoms with Crippen molar-refractivity contribution < 1.29 is 61.3 Å². The second-order valence-electron chi connectivity index (χ2n) is 7.10. The van der Waals surface area contributed by atoms with Gasteiger partial charge in [-0.15, -0.1) is 0 Å². The van der Waals surface area contributed by atoms with Crippen LogP contribution in [-0.4, -0.2) is 12.5 Å². The molecular formula is C27H22KNO2. The van der Waals surface area contributed by atoms with Crippen molar-refractivity contribution >= 4 is 11.7 Å². The Labute approximate surface area is 225 Å². The first-order chi connectivity index (χ1) is 14.7. The summed E-state index contributed by atoms with van der Waals surface area (Å²) in [4.78, 5) is 13.9. The van der Waals surface area contributed by atoms with E-state index in [1.165, 1.54) is 0 Å². The number of carbonyl (C=O) groups is 1. The van der Waals surface area contributed by atoms with Crippen LogP contribution < -0.4 is 61.4 Å². The van der Waals surface area contributed by atoms with Crippen LogP contribution in [0.15, 0.2) is 121 Å². The molecule has 0 saturated carbocycles. The number of hydrogen-bond acceptors (Lipinski definition) is 3. The van der Waals surface area contributed by atoms with Crippen molar-refractivity contribution in [3.63, 3.8) is 0 Å². The van der Waals surface area contributed by atoms with Gasteiger partial charge in [-0.25, -0.2) is 0 Å². The third-order valence-corrected chi connectivity index (χ3v) is 5.33. The number of carboxylic acids is 1. The van der Waals surface area contributed by atoms with E-state index in [0.717, 1.165) is 22.4 Å². The number of nitrogens with zero attached hydrogens (tertiary/aromatic N) is 1. The molecule has 0 saturated heterocycles. The smallest absolute Gasteiger partial charge is 0.548 e. The van der Waals surface area contributed by atoms with Gasteiger partial charge in [0.25, 0.3) is 0 Å². The Morgan fingerprint density at radius 1 is 0.613 bits per heavy atom. The molecule has 0 aliphatic carbocycles. The molecule has 148 valence electrons. The van der Waals surface area contributed by atoms with Crippen LogP contribution in [0.3, 0.4) is 0 Å². The van der Waals surface area contributed by atoms with Gasteiger partial charge in [0.05, 0.1) is 12.5 Å². The molecule has 0 N–H and O–H groups in total. The van der Waals surface area contributed by atoms with Crippen molar-refractivity contribution in [2.75, 3.05) is 11.4 Å². The van der Waals surface area contributed by atoms with Gasteiger partial charge in [-0.1, -0.05) is 109 Å². The summed E-state index contributed by atoms with van der Waals surface area (Å²) in [6.07, 6.45) is 0. The van der Waals surface area contributed by atoms with Crippen LogP contribution in [-0.2, 0) is 10.3 Å². The van der Waals surface area contributed by atoms with Gasteiger partial charge in [0.15, 0.2) is 0 Å². The van der Waals surface area contributed by atoms with Crippen LogP contribution in [0.5, 0.6) is 0 Å². The second-order valence-corrected chi connectivity index (χ2v) is 7.10. The average molecular weight is 432 g/mol. The third-order valence-electron chi connectivity index (χ3n) is 5.33. The third kappa shape index (κ3) is 4.84. The zero-order chi connectivity index (χ0) is 20.8. The molecule has 0 aliphatic rings. The fourth-order valence-corrected chi connectivity index (χ4v) is 4.15. The van der Waals surface area contributed by atoms with E-state index in [2.05, 4.69) is 0 Å². The molecule has 3 nitrogen and oxygen atoms in total. The van der Waals surface area contributed by atoms with E-state index in [0.29, 0.717) is 0 Å². The summed E-state index contributed by atoms with van der Waals surface area (Å²) in [5.41, 5.74) is 2.89. The standard InChI is InChI=1S/C27H23NO2.K/c29-26(30)21-28(25-19-11-4-12-20-25)27(22-13-5-1-6-14-22,23-15-7-2-8-16-23)24-17-9-3-10-18-24;/h1-20H,21H2,(H,29,30);/q;+1/p-1. The van der Waals surface area contributed by atoms with Gasteiger partial charge in [-0.3, -0.25) is 0 Å². The summed E-state index contributed by atoms with van der Waals surface area (Å²) in [6.45, 7) is -0.261. The number of anilines is 1. The average Bonchev–Trinajstić information content (AvgIpc) is 2.81. The Hall–Kier alpha value is -2.21. The fraction of sp³-hybridized carbons (Fsp3) is 0.0741. The second kappa shape index (κ2) is 10.9. The first-order valence-corrected chi connectivity index (χ1v) is 9.92. The van der Waals surface area contributed by atoms with E-state index >= 15 is 0 Å². The van der Waals surface area contributed by atoms with Crippen molar-refractivity contribution in [1.29, 1.82) is 0 Å². The van der Waals surface area contributed by atoms with Gasteiger partial charge < -0.3 is 14.8 Å². The van der Waals surface area contributed by atoms with Crippen LogP contribution in [0.25, 0.3) is 0 Å². The predicted molar refractivity (Wildman–Crippen MR) is 118 cm³/mol. The Morgan fingerprint density at radius 3 is 1.26 bits per heavy atom. The van der Waals surface area contributed by atoms with Crippen LogP contribution in [0, 0.1) is 0 Å². The molecule has 0 radical (unpaired) electrons. The number of benzene rings is 4. The molecule has 0 atom stereocenters. The molecule has 0 aliphatic heterocycles. The quantitative estimate of drug-likeness (QED) is 0.327. The molecule has 0 spiro atoms. The summed E-state index contributed by atoms with van der Waals surface area (Å²) >= 11 is 0. The van der Waals surface area contributed by atoms with Gasteiger partial charge >= 0.3 is 51.4 Å². The topological polar surface area (TPSA) is 43.4 Å². The minimum Gasteiger partial charge on any atom is -0.548 e. The molecule has 4 aromatic carbocycles. The largest absolute Gasteiger partial charge is 1.00 e. The van der Waals surface area contributed by atoms with Gasteiger partial charge in [0.1, 0.15) is 5.54 Å². The molecule has 0 aromatic heterocycles. The number of rotatable bonds is 7. The maximum Gasteiger partial charge on any atom is 1.00 e. The van der Waals surface area contributed by atoms with Crippen LogP contribution in [0.1, 0.15) is 16.7 Å². The van der Waals surface area contributed by atoms with E-state index < -0.39 is 11.5 Å².